The highest BCUT2D eigenvalue weighted by atomic mass is 35.5. The van der Waals surface area contributed by atoms with Gasteiger partial charge in [0.05, 0.1) is 12.6 Å². The van der Waals surface area contributed by atoms with E-state index in [0.717, 1.165) is 51.6 Å². The number of methoxy groups -OCH3 is 1. The Morgan fingerprint density at radius 3 is 2.82 bits per heavy atom. The van der Waals surface area contributed by atoms with Gasteiger partial charge in [-0.05, 0) is 42.3 Å². The molecule has 0 N–H and O–H groups in total. The molecule has 7 heteroatoms. The minimum atomic E-state index is 0.0244. The smallest absolute Gasteiger partial charge is 0.278 e. The Hall–Kier alpha value is -2.44. The van der Waals surface area contributed by atoms with Crippen LogP contribution in [0.2, 0.25) is 5.02 Å². The molecule has 1 aliphatic heterocycles. The molecule has 28 heavy (non-hydrogen) atoms. The summed E-state index contributed by atoms with van der Waals surface area (Å²) < 4.78 is 9.29. The van der Waals surface area contributed by atoms with E-state index in [4.69, 9.17) is 21.3 Å². The number of hydrogen-bond acceptors (Lipinski definition) is 4. The van der Waals surface area contributed by atoms with Gasteiger partial charge in [-0.2, -0.15) is 0 Å². The fraction of sp³-hybridized carbons (Fsp3) is 0.238. The molecular formula is C21H18ClN3O2S. The summed E-state index contributed by atoms with van der Waals surface area (Å²) in [5.74, 6) is 1.75. The van der Waals surface area contributed by atoms with E-state index in [9.17, 15) is 4.79 Å². The summed E-state index contributed by atoms with van der Waals surface area (Å²) in [6.07, 6.45) is 0.982. The Morgan fingerprint density at radius 2 is 2.04 bits per heavy atom. The van der Waals surface area contributed by atoms with Crippen LogP contribution < -0.4 is 10.3 Å². The van der Waals surface area contributed by atoms with Crippen molar-refractivity contribution in [3.05, 3.63) is 63.4 Å². The predicted octanol–water partition coefficient (Wildman–Crippen LogP) is 4.56. The first-order valence-electron chi connectivity index (χ1n) is 9.14. The molecule has 2 aromatic carbocycles. The van der Waals surface area contributed by atoms with Crippen LogP contribution in [0.4, 0.5) is 0 Å². The maximum atomic E-state index is 13.4. The van der Waals surface area contributed by atoms with E-state index in [-0.39, 0.29) is 5.56 Å². The lowest BCUT2D eigenvalue weighted by Crippen LogP contribution is -2.27. The van der Waals surface area contributed by atoms with E-state index >= 15 is 0 Å². The van der Waals surface area contributed by atoms with Gasteiger partial charge < -0.3 is 9.30 Å². The Kier molecular flexibility index (Phi) is 4.33. The van der Waals surface area contributed by atoms with Crippen LogP contribution in [0, 0.1) is 0 Å². The number of aromatic nitrogens is 3. The Labute approximate surface area is 170 Å². The molecular weight excluding hydrogens is 394 g/mol. The number of thioether (sulfide) groups is 1. The maximum Gasteiger partial charge on any atom is 0.278 e. The molecule has 0 spiro atoms. The minimum absolute atomic E-state index is 0.0244. The van der Waals surface area contributed by atoms with E-state index in [1.165, 1.54) is 0 Å². The SMILES string of the molecule is COc1ccc2c(c1)c1nc3n(c(=O)c1n2Cc1ccc(Cl)cc1)CCCS3. The van der Waals surface area contributed by atoms with Gasteiger partial charge >= 0.3 is 0 Å². The van der Waals surface area contributed by atoms with Crippen molar-refractivity contribution in [1.29, 1.82) is 0 Å². The second kappa shape index (κ2) is 6.87. The van der Waals surface area contributed by atoms with E-state index in [1.54, 1.807) is 18.9 Å². The number of ether oxygens (including phenoxy) is 1. The van der Waals surface area contributed by atoms with E-state index < -0.39 is 0 Å². The number of rotatable bonds is 3. The van der Waals surface area contributed by atoms with Gasteiger partial charge in [-0.3, -0.25) is 9.36 Å². The Bertz CT molecular complexity index is 1260. The third-order valence-corrected chi connectivity index (χ3v) is 6.46. The predicted molar refractivity (Wildman–Crippen MR) is 114 cm³/mol. The first-order valence-corrected chi connectivity index (χ1v) is 10.5. The minimum Gasteiger partial charge on any atom is -0.497 e. The number of nitrogens with zero attached hydrogens (tertiary/aromatic N) is 3. The summed E-state index contributed by atoms with van der Waals surface area (Å²) in [5, 5.41) is 2.44. The van der Waals surface area contributed by atoms with Gasteiger partial charge in [0, 0.05) is 29.3 Å². The zero-order valence-electron chi connectivity index (χ0n) is 15.3. The molecule has 0 fully saturated rings. The third kappa shape index (κ3) is 2.79. The summed E-state index contributed by atoms with van der Waals surface area (Å²) in [7, 11) is 1.65. The van der Waals surface area contributed by atoms with E-state index in [0.29, 0.717) is 17.1 Å². The molecule has 4 aromatic rings. The summed E-state index contributed by atoms with van der Waals surface area (Å²) in [6, 6.07) is 13.6. The van der Waals surface area contributed by atoms with Gasteiger partial charge in [-0.1, -0.05) is 35.5 Å². The zero-order chi connectivity index (χ0) is 19.3. The van der Waals surface area contributed by atoms with Crippen molar-refractivity contribution in [3.8, 4) is 5.75 Å². The molecule has 142 valence electrons. The van der Waals surface area contributed by atoms with Gasteiger partial charge in [0.1, 0.15) is 16.8 Å². The van der Waals surface area contributed by atoms with Crippen LogP contribution in [-0.2, 0) is 13.1 Å². The quantitative estimate of drug-likeness (QED) is 0.464. The summed E-state index contributed by atoms with van der Waals surface area (Å²) >= 11 is 7.68. The molecule has 3 heterocycles. The molecule has 2 aromatic heterocycles. The molecule has 1 aliphatic rings. The highest BCUT2D eigenvalue weighted by Gasteiger charge is 2.22. The molecule has 5 nitrogen and oxygen atoms in total. The van der Waals surface area contributed by atoms with E-state index in [1.807, 2.05) is 47.0 Å². The van der Waals surface area contributed by atoms with Gasteiger partial charge in [0.2, 0.25) is 0 Å². The van der Waals surface area contributed by atoms with Crippen molar-refractivity contribution in [3.63, 3.8) is 0 Å². The lowest BCUT2D eigenvalue weighted by Gasteiger charge is -2.17. The molecule has 0 atom stereocenters. The van der Waals surface area contributed by atoms with Crippen LogP contribution >= 0.6 is 23.4 Å². The second-order valence-electron chi connectivity index (χ2n) is 6.85. The summed E-state index contributed by atoms with van der Waals surface area (Å²) in [6.45, 7) is 1.29. The van der Waals surface area contributed by atoms with Crippen LogP contribution in [0.3, 0.4) is 0 Å². The Morgan fingerprint density at radius 1 is 1.21 bits per heavy atom. The lowest BCUT2D eigenvalue weighted by molar-refractivity contribution is 0.415. The van der Waals surface area contributed by atoms with Gasteiger partial charge in [0.15, 0.2) is 5.16 Å². The average molecular weight is 412 g/mol. The number of benzene rings is 2. The lowest BCUT2D eigenvalue weighted by atomic mass is 10.2. The largest absolute Gasteiger partial charge is 0.497 e. The maximum absolute atomic E-state index is 13.4. The van der Waals surface area contributed by atoms with Crippen molar-refractivity contribution < 1.29 is 4.74 Å². The van der Waals surface area contributed by atoms with Crippen molar-refractivity contribution in [2.75, 3.05) is 12.9 Å². The standard InChI is InChI=1S/C21H18ClN3O2S/c1-27-15-7-8-17-16(11-15)18-19(20(26)24-9-2-10-28-21(24)23-18)25(17)12-13-3-5-14(22)6-4-13/h3-8,11H,2,9-10,12H2,1H3. The van der Waals surface area contributed by atoms with Crippen molar-refractivity contribution in [1.82, 2.24) is 14.1 Å². The first kappa shape index (κ1) is 17.6. The summed E-state index contributed by atoms with van der Waals surface area (Å²) in [4.78, 5) is 18.3. The van der Waals surface area contributed by atoms with Crippen molar-refractivity contribution >= 4 is 45.3 Å². The second-order valence-corrected chi connectivity index (χ2v) is 8.34. The fourth-order valence-corrected chi connectivity index (χ4v) is 4.84. The highest BCUT2D eigenvalue weighted by molar-refractivity contribution is 7.99. The fourth-order valence-electron chi connectivity index (χ4n) is 3.77. The number of hydrogen-bond donors (Lipinski definition) is 0. The van der Waals surface area contributed by atoms with Gasteiger partial charge in [-0.25, -0.2) is 4.98 Å². The molecule has 0 bridgehead atoms. The molecule has 0 radical (unpaired) electrons. The number of halogens is 1. The normalized spacial score (nSPS) is 13.8. The third-order valence-electron chi connectivity index (χ3n) is 5.14. The highest BCUT2D eigenvalue weighted by Crippen LogP contribution is 2.32. The topological polar surface area (TPSA) is 49.1 Å². The van der Waals surface area contributed by atoms with Crippen LogP contribution in [0.5, 0.6) is 5.75 Å². The molecule has 5 rings (SSSR count). The van der Waals surface area contributed by atoms with Crippen LogP contribution in [0.1, 0.15) is 12.0 Å². The first-order chi connectivity index (χ1) is 13.7. The number of fused-ring (bicyclic) bond motifs is 4. The van der Waals surface area contributed by atoms with Crippen LogP contribution in [0.15, 0.2) is 52.4 Å². The molecule has 0 saturated heterocycles. The summed E-state index contributed by atoms with van der Waals surface area (Å²) in [5.41, 5.74) is 3.47. The molecule has 0 saturated carbocycles. The monoisotopic (exact) mass is 411 g/mol. The molecule has 0 amide bonds. The van der Waals surface area contributed by atoms with Gasteiger partial charge in [-0.15, -0.1) is 0 Å². The van der Waals surface area contributed by atoms with Gasteiger partial charge in [0.25, 0.3) is 5.56 Å². The Balaban J connectivity index is 1.83. The van der Waals surface area contributed by atoms with Crippen LogP contribution in [0.25, 0.3) is 21.9 Å². The average Bonchev–Trinajstić information content (AvgIpc) is 3.03. The molecule has 0 unspecified atom stereocenters. The van der Waals surface area contributed by atoms with E-state index in [2.05, 4.69) is 4.57 Å². The van der Waals surface area contributed by atoms with Crippen molar-refractivity contribution in [2.45, 2.75) is 24.7 Å². The zero-order valence-corrected chi connectivity index (χ0v) is 16.9. The molecule has 0 aliphatic carbocycles. The van der Waals surface area contributed by atoms with Crippen LogP contribution in [-0.4, -0.2) is 27.0 Å². The van der Waals surface area contributed by atoms with Crippen molar-refractivity contribution in [2.24, 2.45) is 0 Å².